The van der Waals surface area contributed by atoms with Crippen LogP contribution in [-0.2, 0) is 0 Å². The smallest absolute Gasteiger partial charge is 0.143 e. The van der Waals surface area contributed by atoms with Crippen LogP contribution in [0.5, 0.6) is 0 Å². The lowest BCUT2D eigenvalue weighted by molar-refractivity contribution is 0.672. The Morgan fingerprint density at radius 2 is 1.05 bits per heavy atom. The molecule has 3 nitrogen and oxygen atoms in total. The van der Waals surface area contributed by atoms with E-state index in [0.717, 1.165) is 110 Å². The largest absolute Gasteiger partial charge is 0.455 e. The molecular weight excluding hydrogens is 823 g/mol. The SMILES string of the molecule is C=C/C=C(/c1ccc(N(c2ccc(-c3cccc4oc5c6ccccc6ccc5c34)cc2)c2ccccc2-c2cccc3c2oc2c4ccccc4ccc32)cc1)c1cc2ccccc2s1. The summed E-state index contributed by atoms with van der Waals surface area (Å²) in [6.45, 7) is 4.10. The Kier molecular flexibility index (Phi) is 8.87. The highest BCUT2D eigenvalue weighted by Gasteiger charge is 2.22. The van der Waals surface area contributed by atoms with Crippen molar-refractivity contribution < 1.29 is 8.83 Å². The minimum atomic E-state index is 0.873. The Balaban J connectivity index is 0.972. The molecule has 0 radical (unpaired) electrons. The highest BCUT2D eigenvalue weighted by atomic mass is 32.1. The van der Waals surface area contributed by atoms with Crippen LogP contribution in [-0.4, -0.2) is 0 Å². The molecule has 0 unspecified atom stereocenters. The molecule has 0 N–H and O–H groups in total. The van der Waals surface area contributed by atoms with Crippen LogP contribution in [0.15, 0.2) is 240 Å². The van der Waals surface area contributed by atoms with E-state index in [2.05, 4.69) is 230 Å². The maximum absolute atomic E-state index is 6.93. The van der Waals surface area contributed by atoms with E-state index in [9.17, 15) is 0 Å². The second-order valence-electron chi connectivity index (χ2n) is 16.8. The van der Waals surface area contributed by atoms with Gasteiger partial charge in [-0.3, -0.25) is 0 Å². The summed E-state index contributed by atoms with van der Waals surface area (Å²) in [6.07, 6.45) is 4.00. The van der Waals surface area contributed by atoms with E-state index in [1.807, 2.05) is 6.08 Å². The average molecular weight is 862 g/mol. The lowest BCUT2D eigenvalue weighted by Crippen LogP contribution is -2.11. The summed E-state index contributed by atoms with van der Waals surface area (Å²) in [5.41, 5.74) is 13.3. The van der Waals surface area contributed by atoms with Crippen LogP contribution in [0.2, 0.25) is 0 Å². The first-order valence-corrected chi connectivity index (χ1v) is 23.1. The molecule has 0 saturated heterocycles. The van der Waals surface area contributed by atoms with Crippen molar-refractivity contribution in [2.45, 2.75) is 0 Å². The number of fused-ring (bicyclic) bond motifs is 11. The number of rotatable bonds is 8. The zero-order valence-electron chi connectivity index (χ0n) is 35.7. The number of hydrogen-bond acceptors (Lipinski definition) is 4. The fraction of sp³-hybridized carbons (Fsp3) is 0. The molecule has 66 heavy (non-hydrogen) atoms. The molecule has 0 aliphatic carbocycles. The van der Waals surface area contributed by atoms with E-state index >= 15 is 0 Å². The van der Waals surface area contributed by atoms with Crippen molar-refractivity contribution in [3.05, 3.63) is 241 Å². The monoisotopic (exact) mass is 861 g/mol. The summed E-state index contributed by atoms with van der Waals surface area (Å²) in [5, 5.41) is 10.3. The number of allylic oxidation sites excluding steroid dienone is 2. The van der Waals surface area contributed by atoms with Crippen molar-refractivity contribution in [1.29, 1.82) is 0 Å². The molecule has 0 atom stereocenters. The number of benzene rings is 10. The van der Waals surface area contributed by atoms with Crippen LogP contribution in [0, 0.1) is 0 Å². The van der Waals surface area contributed by atoms with Gasteiger partial charge < -0.3 is 13.7 Å². The van der Waals surface area contributed by atoms with E-state index in [0.29, 0.717) is 0 Å². The highest BCUT2D eigenvalue weighted by Crippen LogP contribution is 2.47. The van der Waals surface area contributed by atoms with Crippen LogP contribution in [0.1, 0.15) is 10.4 Å². The fourth-order valence-electron chi connectivity index (χ4n) is 9.99. The predicted molar refractivity (Wildman–Crippen MR) is 281 cm³/mol. The Morgan fingerprint density at radius 3 is 1.80 bits per heavy atom. The highest BCUT2D eigenvalue weighted by molar-refractivity contribution is 7.20. The van der Waals surface area contributed by atoms with Crippen molar-refractivity contribution in [3.63, 3.8) is 0 Å². The molecule has 0 spiro atoms. The number of para-hydroxylation sites is 2. The minimum Gasteiger partial charge on any atom is -0.455 e. The lowest BCUT2D eigenvalue weighted by atomic mass is 9.97. The summed E-state index contributed by atoms with van der Waals surface area (Å²) in [7, 11) is 0. The van der Waals surface area contributed by atoms with Crippen molar-refractivity contribution in [3.8, 4) is 22.3 Å². The average Bonchev–Trinajstić information content (AvgIpc) is 4.10. The minimum absolute atomic E-state index is 0.873. The van der Waals surface area contributed by atoms with Crippen molar-refractivity contribution in [1.82, 2.24) is 0 Å². The molecule has 13 aromatic rings. The number of furan rings is 2. The first-order valence-electron chi connectivity index (χ1n) is 22.3. The van der Waals surface area contributed by atoms with E-state index in [1.165, 1.54) is 20.3 Å². The van der Waals surface area contributed by atoms with Gasteiger partial charge in [0, 0.05) is 64.4 Å². The van der Waals surface area contributed by atoms with Gasteiger partial charge >= 0.3 is 0 Å². The molecule has 13 rings (SSSR count). The third-order valence-corrected chi connectivity index (χ3v) is 14.2. The zero-order valence-corrected chi connectivity index (χ0v) is 36.6. The summed E-state index contributed by atoms with van der Waals surface area (Å²) in [6, 6.07) is 76.0. The standard InChI is InChI=1S/C62H39NO2S/c1-2-13-46(58-38-43-16-5-10-25-57(43)66-58)41-26-32-44(33-27-41)63(45-34-28-42(29-35-45)47-20-12-24-56-59(47)54-37-31-40-15-4-7-18-49(40)61(54)64-56)55-23-9-8-19-50(55)51-21-11-22-52-53-36-30-39-14-3-6-17-48(39)60(53)65-62(51)52/h2-38H,1H2/b46-13-. The van der Waals surface area contributed by atoms with Gasteiger partial charge in [0.1, 0.15) is 22.3 Å². The molecule has 3 heterocycles. The number of hydrogen-bond donors (Lipinski definition) is 0. The molecule has 310 valence electrons. The second kappa shape index (κ2) is 15.4. The quantitative estimate of drug-likeness (QED) is 0.143. The molecule has 0 fully saturated rings. The van der Waals surface area contributed by atoms with E-state index in [4.69, 9.17) is 8.83 Å². The third-order valence-electron chi connectivity index (χ3n) is 13.1. The second-order valence-corrected chi connectivity index (χ2v) is 17.9. The van der Waals surface area contributed by atoms with Gasteiger partial charge in [0.05, 0.1) is 5.69 Å². The molecular formula is C62H39NO2S. The lowest BCUT2D eigenvalue weighted by Gasteiger charge is -2.28. The first kappa shape index (κ1) is 38.1. The van der Waals surface area contributed by atoms with Gasteiger partial charge in [-0.25, -0.2) is 0 Å². The molecule has 10 aromatic carbocycles. The summed E-state index contributed by atoms with van der Waals surface area (Å²) >= 11 is 1.81. The van der Waals surface area contributed by atoms with Gasteiger partial charge in [-0.05, 0) is 99.1 Å². The number of thiophene rings is 1. The van der Waals surface area contributed by atoms with Gasteiger partial charge in [-0.15, -0.1) is 11.3 Å². The normalized spacial score (nSPS) is 12.1. The van der Waals surface area contributed by atoms with Crippen LogP contribution in [0.25, 0.3) is 103 Å². The van der Waals surface area contributed by atoms with Gasteiger partial charge in [0.25, 0.3) is 0 Å². The summed E-state index contributed by atoms with van der Waals surface area (Å²) in [4.78, 5) is 3.58. The Labute approximate surface area is 385 Å². The van der Waals surface area contributed by atoms with E-state index in [-0.39, 0.29) is 0 Å². The number of nitrogens with zero attached hydrogens (tertiary/aromatic N) is 1. The zero-order chi connectivity index (χ0) is 43.7. The molecule has 0 saturated carbocycles. The van der Waals surface area contributed by atoms with Crippen LogP contribution in [0.4, 0.5) is 17.1 Å². The van der Waals surface area contributed by atoms with E-state index in [1.54, 1.807) is 11.3 Å². The van der Waals surface area contributed by atoms with Gasteiger partial charge in [-0.2, -0.15) is 0 Å². The van der Waals surface area contributed by atoms with Gasteiger partial charge in [-0.1, -0.05) is 170 Å². The molecule has 0 amide bonds. The van der Waals surface area contributed by atoms with Crippen molar-refractivity contribution in [2.75, 3.05) is 4.90 Å². The number of anilines is 3. The molecule has 0 bridgehead atoms. The van der Waals surface area contributed by atoms with Gasteiger partial charge in [0.2, 0.25) is 0 Å². The first-order chi connectivity index (χ1) is 32.7. The van der Waals surface area contributed by atoms with E-state index < -0.39 is 0 Å². The topological polar surface area (TPSA) is 29.5 Å². The molecule has 4 heteroatoms. The third kappa shape index (κ3) is 6.11. The fourth-order valence-corrected chi connectivity index (χ4v) is 11.1. The maximum Gasteiger partial charge on any atom is 0.143 e. The Bertz CT molecular complexity index is 4040. The Morgan fingerprint density at radius 1 is 0.455 bits per heavy atom. The summed E-state index contributed by atoms with van der Waals surface area (Å²) in [5.74, 6) is 0. The van der Waals surface area contributed by atoms with Crippen LogP contribution < -0.4 is 4.90 Å². The van der Waals surface area contributed by atoms with Crippen molar-refractivity contribution in [2.24, 2.45) is 0 Å². The van der Waals surface area contributed by atoms with Crippen LogP contribution in [0.3, 0.4) is 0 Å². The maximum atomic E-state index is 6.93. The summed E-state index contributed by atoms with van der Waals surface area (Å²) < 4.78 is 14.8. The molecule has 0 aliphatic rings. The Hall–Kier alpha value is -8.44. The molecule has 0 aliphatic heterocycles. The predicted octanol–water partition coefficient (Wildman–Crippen LogP) is 18.4. The molecule has 3 aromatic heterocycles. The van der Waals surface area contributed by atoms with Crippen molar-refractivity contribution >= 4 is 109 Å². The van der Waals surface area contributed by atoms with Crippen LogP contribution >= 0.6 is 11.3 Å². The van der Waals surface area contributed by atoms with Gasteiger partial charge in [0.15, 0.2) is 0 Å².